The van der Waals surface area contributed by atoms with E-state index in [0.29, 0.717) is 13.0 Å². The zero-order valence-electron chi connectivity index (χ0n) is 11.9. The third kappa shape index (κ3) is 2.87. The van der Waals surface area contributed by atoms with Crippen LogP contribution in [0, 0.1) is 0 Å². The SMILES string of the molecule is O=C(C[C@@H]1CCCN1C(=O)c1ncccc1O)c1cccs1. The average Bonchev–Trinajstić information content (AvgIpc) is 3.18. The van der Waals surface area contributed by atoms with Gasteiger partial charge in [0.05, 0.1) is 4.88 Å². The molecular formula is C16H16N2O3S. The molecule has 0 aliphatic carbocycles. The Morgan fingerprint density at radius 1 is 1.36 bits per heavy atom. The largest absolute Gasteiger partial charge is 0.505 e. The van der Waals surface area contributed by atoms with Crippen molar-refractivity contribution in [2.75, 3.05) is 6.54 Å². The molecule has 1 aliphatic heterocycles. The summed E-state index contributed by atoms with van der Waals surface area (Å²) in [6, 6.07) is 6.55. The number of aromatic hydroxyl groups is 1. The van der Waals surface area contributed by atoms with Crippen LogP contribution < -0.4 is 0 Å². The van der Waals surface area contributed by atoms with E-state index in [2.05, 4.69) is 4.98 Å². The Kier molecular flexibility index (Phi) is 4.20. The minimum Gasteiger partial charge on any atom is -0.505 e. The molecule has 2 aromatic heterocycles. The Bertz CT molecular complexity index is 684. The monoisotopic (exact) mass is 316 g/mol. The molecule has 0 aromatic carbocycles. The van der Waals surface area contributed by atoms with Gasteiger partial charge in [0.1, 0.15) is 5.75 Å². The first kappa shape index (κ1) is 14.7. The number of ketones is 1. The molecule has 2 aromatic rings. The lowest BCUT2D eigenvalue weighted by Crippen LogP contribution is -2.37. The lowest BCUT2D eigenvalue weighted by Gasteiger charge is -2.24. The molecular weight excluding hydrogens is 300 g/mol. The van der Waals surface area contributed by atoms with Crippen LogP contribution in [0.2, 0.25) is 0 Å². The number of hydrogen-bond acceptors (Lipinski definition) is 5. The van der Waals surface area contributed by atoms with Crippen molar-refractivity contribution in [3.63, 3.8) is 0 Å². The van der Waals surface area contributed by atoms with E-state index in [4.69, 9.17) is 0 Å². The topological polar surface area (TPSA) is 70.5 Å². The highest BCUT2D eigenvalue weighted by Crippen LogP contribution is 2.26. The third-order valence-electron chi connectivity index (χ3n) is 3.84. The zero-order valence-corrected chi connectivity index (χ0v) is 12.8. The molecule has 3 heterocycles. The van der Waals surface area contributed by atoms with E-state index in [-0.39, 0.29) is 29.2 Å². The molecule has 0 spiro atoms. The first-order valence-corrected chi connectivity index (χ1v) is 8.06. The lowest BCUT2D eigenvalue weighted by atomic mass is 10.1. The van der Waals surface area contributed by atoms with Gasteiger partial charge in [0.25, 0.3) is 5.91 Å². The summed E-state index contributed by atoms with van der Waals surface area (Å²) in [6.07, 6.45) is 3.47. The number of hydrogen-bond donors (Lipinski definition) is 1. The smallest absolute Gasteiger partial charge is 0.276 e. The van der Waals surface area contributed by atoms with Gasteiger partial charge < -0.3 is 10.0 Å². The molecule has 1 N–H and O–H groups in total. The van der Waals surface area contributed by atoms with Gasteiger partial charge in [-0.1, -0.05) is 6.07 Å². The maximum Gasteiger partial charge on any atom is 0.276 e. The summed E-state index contributed by atoms with van der Waals surface area (Å²) in [5.74, 6) is -0.368. The second-order valence-electron chi connectivity index (χ2n) is 5.27. The van der Waals surface area contributed by atoms with Gasteiger partial charge in [-0.05, 0) is 36.4 Å². The van der Waals surface area contributed by atoms with E-state index < -0.39 is 0 Å². The Morgan fingerprint density at radius 3 is 2.95 bits per heavy atom. The van der Waals surface area contributed by atoms with Crippen molar-refractivity contribution in [1.82, 2.24) is 9.88 Å². The summed E-state index contributed by atoms with van der Waals surface area (Å²) in [5, 5.41) is 11.7. The van der Waals surface area contributed by atoms with Gasteiger partial charge in [-0.15, -0.1) is 11.3 Å². The highest BCUT2D eigenvalue weighted by molar-refractivity contribution is 7.12. The first-order valence-electron chi connectivity index (χ1n) is 7.18. The Hall–Kier alpha value is -2.21. The van der Waals surface area contributed by atoms with E-state index in [0.717, 1.165) is 17.7 Å². The molecule has 0 unspecified atom stereocenters. The van der Waals surface area contributed by atoms with Gasteiger partial charge >= 0.3 is 0 Å². The number of pyridine rings is 1. The summed E-state index contributed by atoms with van der Waals surface area (Å²) in [7, 11) is 0. The highest BCUT2D eigenvalue weighted by Gasteiger charge is 2.32. The summed E-state index contributed by atoms with van der Waals surface area (Å²) in [4.78, 5) is 31.1. The van der Waals surface area contributed by atoms with Crippen molar-refractivity contribution in [3.05, 3.63) is 46.4 Å². The molecule has 1 amide bonds. The van der Waals surface area contributed by atoms with Crippen molar-refractivity contribution >= 4 is 23.0 Å². The van der Waals surface area contributed by atoms with E-state index in [1.807, 2.05) is 11.4 Å². The number of amides is 1. The number of carbonyl (C=O) groups excluding carboxylic acids is 2. The maximum atomic E-state index is 12.5. The molecule has 22 heavy (non-hydrogen) atoms. The maximum absolute atomic E-state index is 12.5. The normalized spacial score (nSPS) is 17.6. The molecule has 0 bridgehead atoms. The second-order valence-corrected chi connectivity index (χ2v) is 6.22. The van der Waals surface area contributed by atoms with Gasteiger partial charge in [-0.3, -0.25) is 9.59 Å². The number of aromatic nitrogens is 1. The van der Waals surface area contributed by atoms with Crippen molar-refractivity contribution < 1.29 is 14.7 Å². The van der Waals surface area contributed by atoms with E-state index >= 15 is 0 Å². The fraction of sp³-hybridized carbons (Fsp3) is 0.312. The van der Waals surface area contributed by atoms with Gasteiger partial charge in [-0.25, -0.2) is 4.98 Å². The van der Waals surface area contributed by atoms with Crippen molar-refractivity contribution in [2.24, 2.45) is 0 Å². The summed E-state index contributed by atoms with van der Waals surface area (Å²) in [5.41, 5.74) is 0.0537. The second kappa shape index (κ2) is 6.27. The molecule has 6 heteroatoms. The van der Waals surface area contributed by atoms with Gasteiger partial charge in [0.15, 0.2) is 11.5 Å². The third-order valence-corrected chi connectivity index (χ3v) is 4.75. The number of nitrogens with zero attached hydrogens (tertiary/aromatic N) is 2. The summed E-state index contributed by atoms with van der Waals surface area (Å²) in [6.45, 7) is 0.594. The zero-order chi connectivity index (χ0) is 15.5. The lowest BCUT2D eigenvalue weighted by molar-refractivity contribution is 0.0709. The summed E-state index contributed by atoms with van der Waals surface area (Å²) >= 11 is 1.42. The molecule has 114 valence electrons. The Labute approximate surface area is 132 Å². The van der Waals surface area contributed by atoms with Crippen LogP contribution in [0.5, 0.6) is 5.75 Å². The Balaban J connectivity index is 1.74. The van der Waals surface area contributed by atoms with E-state index in [1.165, 1.54) is 23.6 Å². The molecule has 3 rings (SSSR count). The van der Waals surface area contributed by atoms with Crippen LogP contribution in [0.4, 0.5) is 0 Å². The molecule has 1 saturated heterocycles. The number of rotatable bonds is 4. The van der Waals surface area contributed by atoms with Crippen LogP contribution in [-0.2, 0) is 0 Å². The van der Waals surface area contributed by atoms with Crippen LogP contribution in [0.1, 0.15) is 39.4 Å². The highest BCUT2D eigenvalue weighted by atomic mass is 32.1. The van der Waals surface area contributed by atoms with E-state index in [1.54, 1.807) is 17.0 Å². The number of thiophene rings is 1. The average molecular weight is 316 g/mol. The molecule has 5 nitrogen and oxygen atoms in total. The molecule has 1 atom stereocenters. The first-order chi connectivity index (χ1) is 10.7. The van der Waals surface area contributed by atoms with E-state index in [9.17, 15) is 14.7 Å². The quantitative estimate of drug-likeness (QED) is 0.881. The molecule has 0 saturated carbocycles. The van der Waals surface area contributed by atoms with Gasteiger partial charge in [-0.2, -0.15) is 0 Å². The van der Waals surface area contributed by atoms with Crippen LogP contribution in [0.3, 0.4) is 0 Å². The fourth-order valence-electron chi connectivity index (χ4n) is 2.76. The number of Topliss-reactive ketones (excluding diaryl/α,β-unsaturated/α-hetero) is 1. The van der Waals surface area contributed by atoms with Crippen LogP contribution in [0.25, 0.3) is 0 Å². The minimum absolute atomic E-state index is 0.0537. The van der Waals surface area contributed by atoms with Crippen LogP contribution >= 0.6 is 11.3 Å². The van der Waals surface area contributed by atoms with Gasteiger partial charge in [0.2, 0.25) is 0 Å². The number of carbonyl (C=O) groups is 2. The molecule has 1 aliphatic rings. The summed E-state index contributed by atoms with van der Waals surface area (Å²) < 4.78 is 0. The predicted octanol–water partition coefficient (Wildman–Crippen LogP) is 2.73. The standard InChI is InChI=1S/C16H16N2O3S/c19-12-5-1-7-17-15(12)16(21)18-8-2-4-11(18)10-13(20)14-6-3-9-22-14/h1,3,5-7,9,11,19H,2,4,8,10H2/t11-/m0/s1. The van der Waals surface area contributed by atoms with Crippen LogP contribution in [0.15, 0.2) is 35.8 Å². The molecule has 1 fully saturated rings. The molecule has 0 radical (unpaired) electrons. The number of likely N-dealkylation sites (tertiary alicyclic amines) is 1. The minimum atomic E-state index is -0.306. The van der Waals surface area contributed by atoms with Crippen LogP contribution in [-0.4, -0.2) is 39.3 Å². The van der Waals surface area contributed by atoms with Gasteiger partial charge in [0, 0.05) is 25.2 Å². The van der Waals surface area contributed by atoms with Crippen molar-refractivity contribution in [3.8, 4) is 5.75 Å². The fourth-order valence-corrected chi connectivity index (χ4v) is 3.44. The van der Waals surface area contributed by atoms with Crippen molar-refractivity contribution in [1.29, 1.82) is 0 Å². The predicted molar refractivity (Wildman–Crippen MR) is 83.2 cm³/mol. The Morgan fingerprint density at radius 2 is 2.23 bits per heavy atom. The van der Waals surface area contributed by atoms with Crippen molar-refractivity contribution in [2.45, 2.75) is 25.3 Å².